The Hall–Kier alpha value is -6.03. The second-order valence-corrected chi connectivity index (χ2v) is 19.5. The first kappa shape index (κ1) is 56.9. The SMILES string of the molecule is CCCN(CCCNC(=O)OCC)C(=O)C1=Cc2ccc(-c3cccc(S(=O)(=O)N4CC(CNC(=O)CCOCCOCCOCCC(=O)Oc5c(F)c(F)c(S(=O)(=O)O)c(F)c5F)C4)c3)cc2N=C(N)C1. The monoisotopic (exact) mass is 1060 g/mol. The fourth-order valence-electron chi connectivity index (χ4n) is 7.25. The summed E-state index contributed by atoms with van der Waals surface area (Å²) in [6, 6.07) is 12.0. The number of nitrogens with one attached hydrogen (secondary N) is 2. The molecule has 1 saturated heterocycles. The third-order valence-corrected chi connectivity index (χ3v) is 13.5. The van der Waals surface area contributed by atoms with E-state index in [0.29, 0.717) is 54.0 Å². The average molecular weight is 1060 g/mol. The molecule has 72 heavy (non-hydrogen) atoms. The molecule has 3 amide bonds. The number of nitrogens with two attached hydrogens (primary N) is 1. The lowest BCUT2D eigenvalue weighted by Crippen LogP contribution is -2.53. The van der Waals surface area contributed by atoms with Gasteiger partial charge in [0.05, 0.1) is 63.3 Å². The van der Waals surface area contributed by atoms with E-state index >= 15 is 0 Å². The molecule has 0 aromatic heterocycles. The minimum absolute atomic E-state index is 0.0294. The van der Waals surface area contributed by atoms with Crippen LogP contribution in [-0.2, 0) is 53.5 Å². The van der Waals surface area contributed by atoms with Gasteiger partial charge in [0.1, 0.15) is 5.84 Å². The maximum atomic E-state index is 14.1. The highest BCUT2D eigenvalue weighted by Crippen LogP contribution is 2.35. The first-order valence-electron chi connectivity index (χ1n) is 22.8. The van der Waals surface area contributed by atoms with Crippen LogP contribution in [0.5, 0.6) is 5.75 Å². The third kappa shape index (κ3) is 15.7. The van der Waals surface area contributed by atoms with E-state index in [-0.39, 0.29) is 107 Å². The number of nitrogens with zero attached hydrogens (tertiary/aromatic N) is 3. The molecule has 0 atom stereocenters. The number of esters is 1. The average Bonchev–Trinajstić information content (AvgIpc) is 3.48. The number of ether oxygens (including phenoxy) is 5. The Balaban J connectivity index is 0.977. The minimum Gasteiger partial charge on any atom is -0.450 e. The lowest BCUT2D eigenvalue weighted by Gasteiger charge is -2.38. The van der Waals surface area contributed by atoms with Crippen LogP contribution in [-0.4, -0.2) is 146 Å². The normalized spacial score (nSPS) is 14.0. The molecule has 0 aliphatic carbocycles. The molecule has 2 aliphatic rings. The van der Waals surface area contributed by atoms with E-state index in [1.165, 1.54) is 10.4 Å². The number of benzene rings is 3. The van der Waals surface area contributed by atoms with Crippen molar-refractivity contribution < 1.29 is 81.8 Å². The standard InChI is InChI=1S/C46H56F4N6O14S2/c1-3-14-55(15-6-13-52-46(60)69-4-2)45(59)33-22-32-10-9-31(24-35(32)54-36(51)25-33)30-7-5-8-34(23-30)71(61,62)56-27-29(28-56)26-53-37(57)11-16-66-18-20-68-21-19-67-17-12-38(58)70-43-39(47)41(49)44(72(63,64)65)42(50)40(43)48/h5,7-10,22-24,29H,3-4,6,11-21,25-28H2,1-2H3,(H2,51,54)(H,52,60)(H,53,57)(H,63,64,65). The third-order valence-electron chi connectivity index (χ3n) is 10.8. The van der Waals surface area contributed by atoms with Gasteiger partial charge in [-0.2, -0.15) is 21.5 Å². The zero-order valence-corrected chi connectivity index (χ0v) is 41.1. The van der Waals surface area contributed by atoms with Gasteiger partial charge < -0.3 is 45.0 Å². The molecule has 0 bridgehead atoms. The number of halogens is 4. The number of carbonyl (C=O) groups is 4. The minimum atomic E-state index is -5.68. The van der Waals surface area contributed by atoms with Gasteiger partial charge in [0, 0.05) is 69.2 Å². The Morgan fingerprint density at radius 2 is 1.47 bits per heavy atom. The molecule has 394 valence electrons. The van der Waals surface area contributed by atoms with E-state index in [9.17, 15) is 53.6 Å². The van der Waals surface area contributed by atoms with Crippen molar-refractivity contribution in [2.24, 2.45) is 16.6 Å². The fraction of sp³-hybridized carbons (Fsp3) is 0.457. The summed E-state index contributed by atoms with van der Waals surface area (Å²) in [6.07, 6.45) is 2.06. The van der Waals surface area contributed by atoms with Crippen molar-refractivity contribution in [3.8, 4) is 16.9 Å². The number of hydrogen-bond acceptors (Lipinski definition) is 15. The second-order valence-electron chi connectivity index (χ2n) is 16.2. The number of alkyl carbamates (subject to hydrolysis) is 1. The van der Waals surface area contributed by atoms with Crippen LogP contribution in [0.15, 0.2) is 62.8 Å². The fourth-order valence-corrected chi connectivity index (χ4v) is 9.52. The van der Waals surface area contributed by atoms with Crippen molar-refractivity contribution in [3.05, 3.63) is 76.9 Å². The zero-order valence-electron chi connectivity index (χ0n) is 39.4. The number of amides is 3. The summed E-state index contributed by atoms with van der Waals surface area (Å²) < 4.78 is 140. The molecule has 26 heteroatoms. The topological polar surface area (TPSA) is 272 Å². The molecule has 1 fully saturated rings. The Kier molecular flexibility index (Phi) is 21.0. The van der Waals surface area contributed by atoms with Crippen LogP contribution in [0.1, 0.15) is 51.5 Å². The molecular weight excluding hydrogens is 1000 g/mol. The highest BCUT2D eigenvalue weighted by atomic mass is 32.2. The predicted octanol–water partition coefficient (Wildman–Crippen LogP) is 4.48. The molecule has 2 heterocycles. The van der Waals surface area contributed by atoms with Crippen molar-refractivity contribution in [1.82, 2.24) is 19.8 Å². The Morgan fingerprint density at radius 3 is 2.11 bits per heavy atom. The first-order chi connectivity index (χ1) is 34.2. The molecule has 0 unspecified atom stereocenters. The van der Waals surface area contributed by atoms with Crippen LogP contribution in [0, 0.1) is 29.2 Å². The maximum absolute atomic E-state index is 14.1. The van der Waals surface area contributed by atoms with Gasteiger partial charge >= 0.3 is 22.2 Å². The van der Waals surface area contributed by atoms with Gasteiger partial charge in [-0.05, 0) is 55.2 Å². The van der Waals surface area contributed by atoms with Crippen molar-refractivity contribution in [1.29, 1.82) is 0 Å². The summed E-state index contributed by atoms with van der Waals surface area (Å²) in [5, 5.41) is 5.45. The number of sulfonamides is 1. The van der Waals surface area contributed by atoms with E-state index in [1.807, 2.05) is 19.1 Å². The van der Waals surface area contributed by atoms with Crippen molar-refractivity contribution in [3.63, 3.8) is 0 Å². The van der Waals surface area contributed by atoms with Gasteiger partial charge in [0.2, 0.25) is 39.2 Å². The maximum Gasteiger partial charge on any atom is 0.407 e. The zero-order chi connectivity index (χ0) is 52.6. The molecule has 5 N–H and O–H groups in total. The second kappa shape index (κ2) is 26.6. The van der Waals surface area contributed by atoms with Crippen LogP contribution in [0.25, 0.3) is 17.2 Å². The van der Waals surface area contributed by atoms with E-state index in [1.54, 1.807) is 42.2 Å². The van der Waals surface area contributed by atoms with E-state index in [2.05, 4.69) is 20.4 Å². The molecule has 0 spiro atoms. The summed E-state index contributed by atoms with van der Waals surface area (Å²) in [4.78, 5) is 53.8. The highest BCUT2D eigenvalue weighted by Gasteiger charge is 2.37. The molecule has 3 aromatic rings. The number of aliphatic imine (C=N–C) groups is 1. The predicted molar refractivity (Wildman–Crippen MR) is 251 cm³/mol. The lowest BCUT2D eigenvalue weighted by atomic mass is 10.0. The number of hydrogen-bond donors (Lipinski definition) is 4. The summed E-state index contributed by atoms with van der Waals surface area (Å²) in [5.74, 6) is -13.2. The summed E-state index contributed by atoms with van der Waals surface area (Å²) in [6.45, 7) is 5.81. The summed E-state index contributed by atoms with van der Waals surface area (Å²) in [5.41, 5.74) is 9.30. The van der Waals surface area contributed by atoms with E-state index in [4.69, 9.17) is 29.2 Å². The molecule has 0 radical (unpaired) electrons. The van der Waals surface area contributed by atoms with E-state index in [0.717, 1.165) is 6.42 Å². The Bertz CT molecular complexity index is 2710. The van der Waals surface area contributed by atoms with Gasteiger partial charge in [-0.15, -0.1) is 0 Å². The molecule has 5 rings (SSSR count). The summed E-state index contributed by atoms with van der Waals surface area (Å²) >= 11 is 0. The van der Waals surface area contributed by atoms with Crippen molar-refractivity contribution in [2.45, 2.75) is 55.7 Å². The van der Waals surface area contributed by atoms with Crippen LogP contribution in [0.4, 0.5) is 28.0 Å². The van der Waals surface area contributed by atoms with Crippen LogP contribution < -0.4 is 21.1 Å². The molecule has 0 saturated carbocycles. The van der Waals surface area contributed by atoms with Gasteiger partial charge in [-0.1, -0.05) is 31.2 Å². The van der Waals surface area contributed by atoms with Crippen molar-refractivity contribution >= 4 is 61.6 Å². The van der Waals surface area contributed by atoms with Gasteiger partial charge in [0.15, 0.2) is 16.5 Å². The van der Waals surface area contributed by atoms with Crippen LogP contribution in [0.2, 0.25) is 0 Å². The van der Waals surface area contributed by atoms with Crippen molar-refractivity contribution in [2.75, 3.05) is 85.5 Å². The smallest absolute Gasteiger partial charge is 0.407 e. The number of amidine groups is 1. The molecular formula is C46H56F4N6O14S2. The largest absolute Gasteiger partial charge is 0.450 e. The molecule has 20 nitrogen and oxygen atoms in total. The van der Waals surface area contributed by atoms with Gasteiger partial charge in [-0.25, -0.2) is 27.0 Å². The molecule has 3 aromatic carbocycles. The summed E-state index contributed by atoms with van der Waals surface area (Å²) in [7, 11) is -9.54. The number of fused-ring (bicyclic) bond motifs is 1. The van der Waals surface area contributed by atoms with E-state index < -0.39 is 72.5 Å². The number of carbonyl (C=O) groups excluding carboxylic acids is 4. The van der Waals surface area contributed by atoms with Gasteiger partial charge in [-0.3, -0.25) is 18.9 Å². The lowest BCUT2D eigenvalue weighted by molar-refractivity contribution is -0.136. The molecule has 2 aliphatic heterocycles. The Morgan fingerprint density at radius 1 is 0.833 bits per heavy atom. The quantitative estimate of drug-likeness (QED) is 0.0205. The highest BCUT2D eigenvalue weighted by molar-refractivity contribution is 7.89. The van der Waals surface area contributed by atoms with Crippen LogP contribution in [0.3, 0.4) is 0 Å². The van der Waals surface area contributed by atoms with Crippen LogP contribution >= 0.6 is 0 Å². The first-order valence-corrected chi connectivity index (χ1v) is 25.6. The number of rotatable bonds is 27. The Labute approximate surface area is 413 Å². The van der Waals surface area contributed by atoms with Gasteiger partial charge in [0.25, 0.3) is 0 Å².